The Labute approximate surface area is 177 Å². The van der Waals surface area contributed by atoms with Crippen molar-refractivity contribution in [3.8, 4) is 5.75 Å². The van der Waals surface area contributed by atoms with Gasteiger partial charge < -0.3 is 10.2 Å². The summed E-state index contributed by atoms with van der Waals surface area (Å²) < 4.78 is 0. The first-order chi connectivity index (χ1) is 14.1. The average molecular weight is 430 g/mol. The van der Waals surface area contributed by atoms with Crippen molar-refractivity contribution >= 4 is 35.0 Å². The number of hydrogen-bond donors (Lipinski definition) is 2. The Kier molecular flexibility index (Phi) is 6.02. The number of nitro groups is 1. The lowest BCUT2D eigenvalue weighted by Gasteiger charge is -2.27. The third kappa shape index (κ3) is 3.97. The highest BCUT2D eigenvalue weighted by Crippen LogP contribution is 2.50. The van der Waals surface area contributed by atoms with E-state index in [9.17, 15) is 29.9 Å². The largest absolute Gasteiger partial charge is 0.508 e. The van der Waals surface area contributed by atoms with E-state index in [4.69, 9.17) is 0 Å². The maximum Gasteiger partial charge on any atom is 0.305 e. The summed E-state index contributed by atoms with van der Waals surface area (Å²) in [6.07, 6.45) is -0.384. The highest BCUT2D eigenvalue weighted by atomic mass is 32.2. The number of nitro benzene ring substituents is 1. The van der Waals surface area contributed by atoms with E-state index in [1.54, 1.807) is 37.3 Å². The van der Waals surface area contributed by atoms with Gasteiger partial charge in [-0.1, -0.05) is 26.0 Å². The number of amides is 1. The molecular formula is C21H22N2O6S. The van der Waals surface area contributed by atoms with E-state index in [1.165, 1.54) is 11.0 Å². The number of benzene rings is 2. The molecule has 0 bridgehead atoms. The molecule has 2 aromatic carbocycles. The number of phenols is 1. The molecule has 0 spiro atoms. The number of nitrogens with zero attached hydrogens (tertiary/aromatic N) is 2. The third-order valence-electron chi connectivity index (χ3n) is 5.03. The van der Waals surface area contributed by atoms with Crippen molar-refractivity contribution in [1.29, 1.82) is 0 Å². The molecule has 1 amide bonds. The number of carboxylic acid groups (broad SMARTS) is 1. The van der Waals surface area contributed by atoms with Gasteiger partial charge in [0.15, 0.2) is 0 Å². The first kappa shape index (κ1) is 21.6. The topological polar surface area (TPSA) is 121 Å². The molecule has 1 fully saturated rings. The Morgan fingerprint density at radius 2 is 1.97 bits per heavy atom. The van der Waals surface area contributed by atoms with Crippen molar-refractivity contribution in [3.63, 3.8) is 0 Å². The van der Waals surface area contributed by atoms with Crippen molar-refractivity contribution < 1.29 is 24.7 Å². The van der Waals surface area contributed by atoms with Gasteiger partial charge in [0.2, 0.25) is 5.91 Å². The number of hydrogen-bond acceptors (Lipinski definition) is 6. The standard InChI is InChI=1S/C21H22N2O6S/c1-11(2)14-9-16(12(3)8-17(14)24)22-20(27)18(10-19(25)26)30-21(22)13-6-4-5-7-15(13)23(28)29/h4-9,11,18,21,24H,10H2,1-3H3,(H,25,26). The molecule has 0 aliphatic carbocycles. The van der Waals surface area contributed by atoms with Crippen molar-refractivity contribution in [2.24, 2.45) is 0 Å². The molecule has 2 aromatic rings. The summed E-state index contributed by atoms with van der Waals surface area (Å²) in [5.74, 6) is -1.45. The summed E-state index contributed by atoms with van der Waals surface area (Å²) >= 11 is 1.09. The summed E-state index contributed by atoms with van der Waals surface area (Å²) in [5, 5.41) is 29.5. The Balaban J connectivity index is 2.19. The van der Waals surface area contributed by atoms with E-state index in [0.717, 1.165) is 11.8 Å². The van der Waals surface area contributed by atoms with E-state index in [0.29, 0.717) is 22.4 Å². The predicted molar refractivity (Wildman–Crippen MR) is 114 cm³/mol. The molecule has 2 unspecified atom stereocenters. The van der Waals surface area contributed by atoms with E-state index in [2.05, 4.69) is 0 Å². The number of carboxylic acids is 1. The third-order valence-corrected chi connectivity index (χ3v) is 6.45. The zero-order valence-corrected chi connectivity index (χ0v) is 17.5. The lowest BCUT2D eigenvalue weighted by atomic mass is 9.98. The zero-order valence-electron chi connectivity index (χ0n) is 16.7. The monoisotopic (exact) mass is 430 g/mol. The van der Waals surface area contributed by atoms with Crippen LogP contribution in [-0.4, -0.2) is 32.3 Å². The fraction of sp³-hybridized carbons (Fsp3) is 0.333. The van der Waals surface area contributed by atoms with Crippen LogP contribution in [0.3, 0.4) is 0 Å². The maximum absolute atomic E-state index is 13.2. The molecule has 30 heavy (non-hydrogen) atoms. The van der Waals surface area contributed by atoms with Gasteiger partial charge in [0.05, 0.1) is 22.2 Å². The molecule has 0 aromatic heterocycles. The average Bonchev–Trinajstić information content (AvgIpc) is 2.97. The molecule has 1 heterocycles. The van der Waals surface area contributed by atoms with Crippen LogP contribution in [-0.2, 0) is 9.59 Å². The molecule has 0 saturated carbocycles. The van der Waals surface area contributed by atoms with Gasteiger partial charge in [-0.3, -0.25) is 24.6 Å². The van der Waals surface area contributed by atoms with Crippen molar-refractivity contribution in [1.82, 2.24) is 0 Å². The molecule has 158 valence electrons. The number of phenolic OH excluding ortho intramolecular Hbond substituents is 1. The molecular weight excluding hydrogens is 408 g/mol. The minimum absolute atomic E-state index is 0.0194. The summed E-state index contributed by atoms with van der Waals surface area (Å²) in [4.78, 5) is 37.0. The quantitative estimate of drug-likeness (QED) is 0.516. The van der Waals surface area contributed by atoms with Gasteiger partial charge in [-0.05, 0) is 42.2 Å². The molecule has 9 heteroatoms. The smallest absolute Gasteiger partial charge is 0.305 e. The molecule has 2 atom stereocenters. The van der Waals surface area contributed by atoms with E-state index in [-0.39, 0.29) is 23.8 Å². The van der Waals surface area contributed by atoms with Crippen LogP contribution in [0, 0.1) is 17.0 Å². The van der Waals surface area contributed by atoms with Gasteiger partial charge in [-0.15, -0.1) is 11.8 Å². The molecule has 1 aliphatic rings. The van der Waals surface area contributed by atoms with Gasteiger partial charge in [0.1, 0.15) is 11.1 Å². The maximum atomic E-state index is 13.2. The van der Waals surface area contributed by atoms with Crippen LogP contribution < -0.4 is 4.90 Å². The lowest BCUT2D eigenvalue weighted by Crippen LogP contribution is -2.32. The van der Waals surface area contributed by atoms with Gasteiger partial charge in [0.25, 0.3) is 5.69 Å². The molecule has 1 aliphatic heterocycles. The van der Waals surface area contributed by atoms with Crippen LogP contribution in [0.15, 0.2) is 36.4 Å². The minimum Gasteiger partial charge on any atom is -0.508 e. The highest BCUT2D eigenvalue weighted by molar-refractivity contribution is 8.01. The SMILES string of the molecule is Cc1cc(O)c(C(C)C)cc1N1C(=O)C(CC(=O)O)SC1c1ccccc1[N+](=O)[O-]. The minimum atomic E-state index is -1.12. The number of carbonyl (C=O) groups is 2. The Bertz CT molecular complexity index is 1020. The van der Waals surface area contributed by atoms with Crippen LogP contribution in [0.2, 0.25) is 0 Å². The normalized spacial score (nSPS) is 18.8. The van der Waals surface area contributed by atoms with Gasteiger partial charge in [-0.2, -0.15) is 0 Å². The van der Waals surface area contributed by atoms with E-state index < -0.39 is 27.4 Å². The lowest BCUT2D eigenvalue weighted by molar-refractivity contribution is -0.385. The Hall–Kier alpha value is -3.07. The van der Waals surface area contributed by atoms with Crippen LogP contribution in [0.25, 0.3) is 0 Å². The predicted octanol–water partition coefficient (Wildman–Crippen LogP) is 4.35. The fourth-order valence-electron chi connectivity index (χ4n) is 3.58. The number of carbonyl (C=O) groups excluding carboxylic acids is 1. The summed E-state index contributed by atoms with van der Waals surface area (Å²) in [7, 11) is 0. The van der Waals surface area contributed by atoms with Crippen LogP contribution in [0.1, 0.15) is 48.3 Å². The van der Waals surface area contributed by atoms with Crippen LogP contribution in [0.4, 0.5) is 11.4 Å². The van der Waals surface area contributed by atoms with Crippen LogP contribution in [0.5, 0.6) is 5.75 Å². The Morgan fingerprint density at radius 1 is 1.30 bits per heavy atom. The number of aliphatic carboxylic acids is 1. The second-order valence-electron chi connectivity index (χ2n) is 7.45. The first-order valence-corrected chi connectivity index (χ1v) is 10.3. The van der Waals surface area contributed by atoms with Gasteiger partial charge in [-0.25, -0.2) is 0 Å². The number of anilines is 1. The number of thioether (sulfide) groups is 1. The summed E-state index contributed by atoms with van der Waals surface area (Å²) in [6.45, 7) is 5.54. The van der Waals surface area contributed by atoms with Crippen molar-refractivity contribution in [2.45, 2.75) is 43.7 Å². The molecule has 8 nitrogen and oxygen atoms in total. The van der Waals surface area contributed by atoms with Crippen molar-refractivity contribution in [2.75, 3.05) is 4.90 Å². The Morgan fingerprint density at radius 3 is 2.57 bits per heavy atom. The number of aromatic hydroxyl groups is 1. The van der Waals surface area contributed by atoms with E-state index >= 15 is 0 Å². The number of aryl methyl sites for hydroxylation is 1. The fourth-order valence-corrected chi connectivity index (χ4v) is 5.04. The first-order valence-electron chi connectivity index (χ1n) is 9.39. The van der Waals surface area contributed by atoms with Gasteiger partial charge in [0, 0.05) is 11.8 Å². The van der Waals surface area contributed by atoms with Gasteiger partial charge >= 0.3 is 5.97 Å². The number of para-hydroxylation sites is 1. The second kappa shape index (κ2) is 8.35. The molecule has 1 saturated heterocycles. The second-order valence-corrected chi connectivity index (χ2v) is 8.74. The zero-order chi connectivity index (χ0) is 22.2. The van der Waals surface area contributed by atoms with Crippen LogP contribution >= 0.6 is 11.8 Å². The highest BCUT2D eigenvalue weighted by Gasteiger charge is 2.45. The van der Waals surface area contributed by atoms with Crippen molar-refractivity contribution in [3.05, 3.63) is 63.2 Å². The van der Waals surface area contributed by atoms with E-state index in [1.807, 2.05) is 13.8 Å². The summed E-state index contributed by atoms with van der Waals surface area (Å²) in [5.41, 5.74) is 1.95. The molecule has 0 radical (unpaired) electrons. The summed E-state index contributed by atoms with van der Waals surface area (Å²) in [6, 6.07) is 9.41. The number of rotatable bonds is 6. The molecule has 2 N–H and O–H groups in total. The molecule has 3 rings (SSSR count).